The average Bonchev–Trinajstić information content (AvgIpc) is 3.62. The van der Waals surface area contributed by atoms with Crippen LogP contribution in [-0.4, -0.2) is 56.2 Å². The van der Waals surface area contributed by atoms with Crippen molar-refractivity contribution in [2.75, 3.05) is 31.6 Å². The third-order valence-electron chi connectivity index (χ3n) is 7.47. The molecule has 6 rings (SSSR count). The summed E-state index contributed by atoms with van der Waals surface area (Å²) in [4.78, 5) is 33.0. The highest BCUT2D eigenvalue weighted by atomic mass is 35.5. The Bertz CT molecular complexity index is 1370. The van der Waals surface area contributed by atoms with E-state index < -0.39 is 5.66 Å². The predicted molar refractivity (Wildman–Crippen MR) is 132 cm³/mol. The van der Waals surface area contributed by atoms with Crippen LogP contribution in [0.25, 0.3) is 5.52 Å². The average molecular weight is 498 g/mol. The second-order valence-electron chi connectivity index (χ2n) is 9.63. The molecule has 0 radical (unpaired) electrons. The molecule has 1 aliphatic carbocycles. The Hall–Kier alpha value is -3.11. The van der Waals surface area contributed by atoms with Gasteiger partial charge in [-0.1, -0.05) is 11.6 Å². The monoisotopic (exact) mass is 497 g/mol. The van der Waals surface area contributed by atoms with Crippen molar-refractivity contribution in [3.8, 4) is 5.75 Å². The summed E-state index contributed by atoms with van der Waals surface area (Å²) >= 11 is 6.51. The summed E-state index contributed by atoms with van der Waals surface area (Å²) in [5.74, 6) is 0.901. The first kappa shape index (κ1) is 22.4. The van der Waals surface area contributed by atoms with E-state index in [4.69, 9.17) is 16.3 Å². The molecule has 11 heteroatoms. The van der Waals surface area contributed by atoms with Crippen LogP contribution in [0.15, 0.2) is 23.4 Å². The zero-order valence-corrected chi connectivity index (χ0v) is 20.4. The van der Waals surface area contributed by atoms with Gasteiger partial charge in [-0.05, 0) is 64.6 Å². The van der Waals surface area contributed by atoms with Crippen molar-refractivity contribution in [2.24, 2.45) is 0 Å². The van der Waals surface area contributed by atoms with Gasteiger partial charge in [-0.25, -0.2) is 9.50 Å². The van der Waals surface area contributed by atoms with E-state index in [-0.39, 0.29) is 27.9 Å². The highest BCUT2D eigenvalue weighted by Gasteiger charge is 2.46. The number of hydrogen-bond acceptors (Lipinski definition) is 7. The molecule has 0 bridgehead atoms. The van der Waals surface area contributed by atoms with E-state index in [1.165, 1.54) is 25.2 Å². The molecular formula is C24H28ClN7O3. The molecule has 2 N–H and O–H groups in total. The van der Waals surface area contributed by atoms with Gasteiger partial charge < -0.3 is 15.4 Å². The molecule has 1 saturated heterocycles. The second kappa shape index (κ2) is 8.53. The van der Waals surface area contributed by atoms with E-state index in [2.05, 4.69) is 25.6 Å². The number of rotatable bonds is 6. The molecular weight excluding hydrogens is 470 g/mol. The smallest absolute Gasteiger partial charge is 0.276 e. The summed E-state index contributed by atoms with van der Waals surface area (Å²) in [6.45, 7) is 5.69. The third-order valence-corrected chi connectivity index (χ3v) is 7.76. The van der Waals surface area contributed by atoms with Crippen LogP contribution in [0.3, 0.4) is 0 Å². The van der Waals surface area contributed by atoms with E-state index in [0.29, 0.717) is 25.3 Å². The zero-order chi connectivity index (χ0) is 24.2. The van der Waals surface area contributed by atoms with Crippen LogP contribution in [-0.2, 0) is 5.66 Å². The fourth-order valence-electron chi connectivity index (χ4n) is 5.72. The molecule has 5 heterocycles. The summed E-state index contributed by atoms with van der Waals surface area (Å²) in [7, 11) is 0. The molecule has 2 fully saturated rings. The fourth-order valence-corrected chi connectivity index (χ4v) is 6.00. The number of aryl methyl sites for hydroxylation is 1. The highest BCUT2D eigenvalue weighted by Crippen LogP contribution is 2.40. The van der Waals surface area contributed by atoms with Crippen molar-refractivity contribution in [3.05, 3.63) is 45.2 Å². The van der Waals surface area contributed by atoms with Crippen LogP contribution in [0.2, 0.25) is 5.02 Å². The number of carbonyl (C=O) groups is 1. The number of nitrogens with zero attached hydrogens (tertiary/aromatic N) is 5. The number of pyridine rings is 1. The first-order valence-corrected chi connectivity index (χ1v) is 12.6. The molecule has 0 aromatic carbocycles. The highest BCUT2D eigenvalue weighted by molar-refractivity contribution is 6.34. The molecule has 3 aromatic heterocycles. The Morgan fingerprint density at radius 3 is 2.74 bits per heavy atom. The lowest BCUT2D eigenvalue weighted by atomic mass is 10.1. The standard InChI is InChI=1S/C24H28ClN7O3/c1-15-18(35-11-10-30-8-4-5-9-30)13-31-19(15)21(26-14-27-31)28-17-12-16(25)20-22(33)29-24(6-2-3-7-24)32(20)23(17)34/h12-14H,2-11H2,1H3,(H,29,33)(H,26,27,28). The number of ether oxygens (including phenoxy) is 1. The van der Waals surface area contributed by atoms with Gasteiger partial charge in [0, 0.05) is 12.1 Å². The van der Waals surface area contributed by atoms with Crippen LogP contribution < -0.4 is 20.9 Å². The van der Waals surface area contributed by atoms with Crippen LogP contribution in [0.4, 0.5) is 11.5 Å². The normalized spacial score (nSPS) is 19.0. The Labute approximate surface area is 207 Å². The molecule has 1 saturated carbocycles. The summed E-state index contributed by atoms with van der Waals surface area (Å²) in [5, 5.41) is 10.7. The SMILES string of the molecule is Cc1c(OCCN2CCCC2)cn2ncnc(Nc3cc(Cl)c4n(c3=O)C3(CCCC3)NC4=O)c12. The van der Waals surface area contributed by atoms with Crippen molar-refractivity contribution in [2.45, 2.75) is 51.1 Å². The maximum absolute atomic E-state index is 13.6. The number of nitrogens with one attached hydrogen (secondary N) is 2. The number of carbonyl (C=O) groups excluding carboxylic acids is 1. The van der Waals surface area contributed by atoms with Gasteiger partial charge in [0.05, 0.1) is 11.2 Å². The van der Waals surface area contributed by atoms with Gasteiger partial charge in [0.15, 0.2) is 5.82 Å². The molecule has 10 nitrogen and oxygen atoms in total. The second-order valence-corrected chi connectivity index (χ2v) is 10.0. The molecule has 35 heavy (non-hydrogen) atoms. The van der Waals surface area contributed by atoms with E-state index in [1.807, 2.05) is 13.1 Å². The summed E-state index contributed by atoms with van der Waals surface area (Å²) in [5.41, 5.74) is 1.09. The van der Waals surface area contributed by atoms with Crippen molar-refractivity contribution in [1.82, 2.24) is 29.4 Å². The lowest BCUT2D eigenvalue weighted by molar-refractivity contribution is 0.0920. The van der Waals surface area contributed by atoms with Gasteiger partial charge in [0.1, 0.15) is 41.2 Å². The van der Waals surface area contributed by atoms with Crippen molar-refractivity contribution in [3.63, 3.8) is 0 Å². The summed E-state index contributed by atoms with van der Waals surface area (Å²) in [6.07, 6.45) is 9.06. The largest absolute Gasteiger partial charge is 0.490 e. The van der Waals surface area contributed by atoms with Crippen LogP contribution in [0.1, 0.15) is 54.6 Å². The van der Waals surface area contributed by atoms with Crippen LogP contribution in [0, 0.1) is 6.92 Å². The van der Waals surface area contributed by atoms with E-state index in [1.54, 1.807) is 9.08 Å². The van der Waals surface area contributed by atoms with Gasteiger partial charge in [-0.15, -0.1) is 0 Å². The molecule has 3 aromatic rings. The molecule has 1 spiro atoms. The maximum Gasteiger partial charge on any atom is 0.276 e. The molecule has 2 aliphatic heterocycles. The topological polar surface area (TPSA) is 106 Å². The van der Waals surface area contributed by atoms with Gasteiger partial charge >= 0.3 is 0 Å². The van der Waals surface area contributed by atoms with E-state index >= 15 is 0 Å². The number of likely N-dealkylation sites (tertiary alicyclic amines) is 1. The van der Waals surface area contributed by atoms with Gasteiger partial charge in [0.2, 0.25) is 0 Å². The van der Waals surface area contributed by atoms with Crippen molar-refractivity contribution < 1.29 is 9.53 Å². The number of aromatic nitrogens is 4. The zero-order valence-electron chi connectivity index (χ0n) is 19.6. The molecule has 0 atom stereocenters. The molecule has 0 unspecified atom stereocenters. The fraction of sp³-hybridized carbons (Fsp3) is 0.500. The summed E-state index contributed by atoms with van der Waals surface area (Å²) in [6, 6.07) is 1.51. The minimum atomic E-state index is -0.701. The minimum Gasteiger partial charge on any atom is -0.490 e. The molecule has 3 aliphatic rings. The Morgan fingerprint density at radius 1 is 1.20 bits per heavy atom. The lowest BCUT2D eigenvalue weighted by Gasteiger charge is -2.26. The van der Waals surface area contributed by atoms with Crippen LogP contribution >= 0.6 is 11.6 Å². The van der Waals surface area contributed by atoms with Crippen LogP contribution in [0.5, 0.6) is 5.75 Å². The van der Waals surface area contributed by atoms with Gasteiger partial charge in [-0.2, -0.15) is 5.10 Å². The minimum absolute atomic E-state index is 0.226. The first-order valence-electron chi connectivity index (χ1n) is 12.2. The number of anilines is 2. The molecule has 1 amide bonds. The number of halogens is 1. The van der Waals surface area contributed by atoms with Gasteiger partial charge in [-0.3, -0.25) is 19.1 Å². The number of hydrogen-bond donors (Lipinski definition) is 2. The van der Waals surface area contributed by atoms with E-state index in [0.717, 1.165) is 49.3 Å². The van der Waals surface area contributed by atoms with Gasteiger partial charge in [0.25, 0.3) is 11.5 Å². The quantitative estimate of drug-likeness (QED) is 0.539. The van der Waals surface area contributed by atoms with Crippen molar-refractivity contribution >= 4 is 34.5 Å². The molecule has 184 valence electrons. The number of fused-ring (bicyclic) bond motifs is 3. The Balaban J connectivity index is 1.33. The maximum atomic E-state index is 13.6. The predicted octanol–water partition coefficient (Wildman–Crippen LogP) is 3.04. The first-order chi connectivity index (χ1) is 17.0. The number of amides is 1. The van der Waals surface area contributed by atoms with Crippen molar-refractivity contribution in [1.29, 1.82) is 0 Å². The lowest BCUT2D eigenvalue weighted by Crippen LogP contribution is -2.45. The summed E-state index contributed by atoms with van der Waals surface area (Å²) < 4.78 is 9.32. The Kier molecular flexibility index (Phi) is 5.45. The Morgan fingerprint density at radius 2 is 1.97 bits per heavy atom. The third kappa shape index (κ3) is 3.66. The van der Waals surface area contributed by atoms with E-state index in [9.17, 15) is 9.59 Å².